The summed E-state index contributed by atoms with van der Waals surface area (Å²) in [5, 5.41) is 13.6. The maximum absolute atomic E-state index is 9.45. The number of hydrogen-bond acceptors (Lipinski definition) is 6. The summed E-state index contributed by atoms with van der Waals surface area (Å²) in [4.78, 5) is 9.13. The van der Waals surface area contributed by atoms with Crippen molar-refractivity contribution in [2.24, 2.45) is 0 Å². The molecule has 0 radical (unpaired) electrons. The van der Waals surface area contributed by atoms with Crippen molar-refractivity contribution in [3.8, 4) is 11.4 Å². The lowest BCUT2D eigenvalue weighted by Gasteiger charge is -2.34. The number of aromatic nitrogens is 2. The molecule has 2 aromatic rings. The smallest absolute Gasteiger partial charge is 0.241 e. The van der Waals surface area contributed by atoms with Crippen LogP contribution in [0.3, 0.4) is 0 Å². The van der Waals surface area contributed by atoms with Gasteiger partial charge in [-0.3, -0.25) is 9.80 Å². The number of hydrogen-bond donors (Lipinski definition) is 1. The second-order valence-electron chi connectivity index (χ2n) is 6.25. The Morgan fingerprint density at radius 2 is 1.87 bits per heavy atom. The van der Waals surface area contributed by atoms with Gasteiger partial charge < -0.3 is 9.63 Å². The number of rotatable bonds is 5. The summed E-state index contributed by atoms with van der Waals surface area (Å²) in [5.41, 5.74) is 2.16. The fourth-order valence-corrected chi connectivity index (χ4v) is 2.95. The fourth-order valence-electron chi connectivity index (χ4n) is 2.95. The first kappa shape index (κ1) is 16.1. The van der Waals surface area contributed by atoms with Gasteiger partial charge in [-0.2, -0.15) is 4.98 Å². The normalized spacial score (nSPS) is 18.2. The molecule has 1 aromatic carbocycles. The van der Waals surface area contributed by atoms with Gasteiger partial charge in [0.2, 0.25) is 11.7 Å². The Balaban J connectivity index is 1.57. The summed E-state index contributed by atoms with van der Waals surface area (Å²) in [6.07, 6.45) is -0.269. The van der Waals surface area contributed by atoms with Crippen molar-refractivity contribution in [1.82, 2.24) is 19.9 Å². The van der Waals surface area contributed by atoms with Gasteiger partial charge in [0.05, 0.1) is 12.6 Å². The molecule has 0 amide bonds. The van der Waals surface area contributed by atoms with E-state index in [2.05, 4.69) is 19.9 Å². The molecule has 1 saturated heterocycles. The summed E-state index contributed by atoms with van der Waals surface area (Å²) >= 11 is 0. The highest BCUT2D eigenvalue weighted by molar-refractivity contribution is 5.58. The van der Waals surface area contributed by atoms with Crippen LogP contribution in [0.5, 0.6) is 0 Å². The first-order valence-corrected chi connectivity index (χ1v) is 8.13. The van der Waals surface area contributed by atoms with Crippen LogP contribution < -0.4 is 0 Å². The summed E-state index contributed by atoms with van der Waals surface area (Å²) in [6, 6.07) is 8.05. The highest BCUT2D eigenvalue weighted by atomic mass is 16.5. The molecular formula is C17H24N4O2. The predicted molar refractivity (Wildman–Crippen MR) is 87.9 cm³/mol. The summed E-state index contributed by atoms with van der Waals surface area (Å²) in [6.45, 7) is 9.13. The van der Waals surface area contributed by atoms with E-state index >= 15 is 0 Å². The summed E-state index contributed by atoms with van der Waals surface area (Å²) < 4.78 is 5.41. The third-order valence-corrected chi connectivity index (χ3v) is 4.20. The van der Waals surface area contributed by atoms with E-state index in [-0.39, 0.29) is 6.10 Å². The van der Waals surface area contributed by atoms with Crippen LogP contribution in [0.25, 0.3) is 11.4 Å². The van der Waals surface area contributed by atoms with Crippen LogP contribution in [-0.2, 0) is 6.54 Å². The molecule has 3 rings (SSSR count). The largest absolute Gasteiger partial charge is 0.392 e. The van der Waals surface area contributed by atoms with Crippen molar-refractivity contribution in [2.75, 3.05) is 32.7 Å². The van der Waals surface area contributed by atoms with Crippen LogP contribution in [0, 0.1) is 6.92 Å². The van der Waals surface area contributed by atoms with E-state index < -0.39 is 0 Å². The molecule has 0 aliphatic carbocycles. The average molecular weight is 316 g/mol. The van der Waals surface area contributed by atoms with Crippen LogP contribution in [-0.4, -0.2) is 63.9 Å². The van der Waals surface area contributed by atoms with Gasteiger partial charge in [-0.1, -0.05) is 29.4 Å². The van der Waals surface area contributed by atoms with Crippen molar-refractivity contribution in [1.29, 1.82) is 0 Å². The molecule has 124 valence electrons. The minimum Gasteiger partial charge on any atom is -0.392 e. The number of piperazine rings is 1. The molecule has 0 bridgehead atoms. The number of aryl methyl sites for hydroxylation is 1. The van der Waals surface area contributed by atoms with Crippen LogP contribution in [0.2, 0.25) is 0 Å². The molecule has 1 aliphatic heterocycles. The average Bonchev–Trinajstić information content (AvgIpc) is 2.97. The van der Waals surface area contributed by atoms with Gasteiger partial charge in [0.25, 0.3) is 0 Å². The van der Waals surface area contributed by atoms with Crippen molar-refractivity contribution in [2.45, 2.75) is 26.5 Å². The zero-order valence-electron chi connectivity index (χ0n) is 13.8. The summed E-state index contributed by atoms with van der Waals surface area (Å²) in [7, 11) is 0. The standard InChI is InChI=1S/C17H24N4O2/c1-13-5-3-4-6-15(13)17-18-16(23-19-17)12-21-9-7-20(8-10-21)11-14(2)22/h3-6,14,22H,7-12H2,1-2H3/t14-/m0/s1. The molecule has 2 heterocycles. The highest BCUT2D eigenvalue weighted by Gasteiger charge is 2.20. The maximum Gasteiger partial charge on any atom is 0.241 e. The molecule has 6 nitrogen and oxygen atoms in total. The predicted octanol–water partition coefficient (Wildman–Crippen LogP) is 1.54. The second-order valence-corrected chi connectivity index (χ2v) is 6.25. The molecule has 1 aliphatic rings. The Morgan fingerprint density at radius 3 is 2.57 bits per heavy atom. The zero-order valence-corrected chi connectivity index (χ0v) is 13.8. The zero-order chi connectivity index (χ0) is 16.2. The number of benzene rings is 1. The molecule has 6 heteroatoms. The molecule has 23 heavy (non-hydrogen) atoms. The Labute approximate surface area is 136 Å². The topological polar surface area (TPSA) is 65.6 Å². The van der Waals surface area contributed by atoms with Crippen LogP contribution in [0.15, 0.2) is 28.8 Å². The van der Waals surface area contributed by atoms with Gasteiger partial charge in [-0.05, 0) is 19.4 Å². The van der Waals surface area contributed by atoms with Crippen LogP contribution >= 0.6 is 0 Å². The minimum atomic E-state index is -0.269. The van der Waals surface area contributed by atoms with Gasteiger partial charge in [-0.15, -0.1) is 0 Å². The van der Waals surface area contributed by atoms with Gasteiger partial charge >= 0.3 is 0 Å². The van der Waals surface area contributed by atoms with E-state index in [1.54, 1.807) is 0 Å². The van der Waals surface area contributed by atoms with Crippen molar-refractivity contribution >= 4 is 0 Å². The van der Waals surface area contributed by atoms with Gasteiger partial charge in [-0.25, -0.2) is 0 Å². The van der Waals surface area contributed by atoms with Gasteiger partial charge in [0, 0.05) is 38.3 Å². The monoisotopic (exact) mass is 316 g/mol. The van der Waals surface area contributed by atoms with E-state index in [0.717, 1.165) is 43.9 Å². The highest BCUT2D eigenvalue weighted by Crippen LogP contribution is 2.20. The van der Waals surface area contributed by atoms with Gasteiger partial charge in [0.15, 0.2) is 0 Å². The SMILES string of the molecule is Cc1ccccc1-c1noc(CN2CCN(C[C@H](C)O)CC2)n1. The molecule has 0 unspecified atom stereocenters. The minimum absolute atomic E-state index is 0.269. The van der Waals surface area contributed by atoms with E-state index in [9.17, 15) is 5.11 Å². The van der Waals surface area contributed by atoms with Crippen molar-refractivity contribution in [3.05, 3.63) is 35.7 Å². The molecule has 1 aromatic heterocycles. The van der Waals surface area contributed by atoms with Crippen LogP contribution in [0.4, 0.5) is 0 Å². The van der Waals surface area contributed by atoms with E-state index in [1.165, 1.54) is 0 Å². The Kier molecular flexibility index (Phi) is 5.05. The number of aliphatic hydroxyl groups excluding tert-OH is 1. The third kappa shape index (κ3) is 4.16. The lowest BCUT2D eigenvalue weighted by Crippen LogP contribution is -2.47. The van der Waals surface area contributed by atoms with Crippen LogP contribution in [0.1, 0.15) is 18.4 Å². The third-order valence-electron chi connectivity index (χ3n) is 4.20. The van der Waals surface area contributed by atoms with E-state index in [4.69, 9.17) is 4.52 Å². The number of nitrogens with zero attached hydrogens (tertiary/aromatic N) is 4. The first-order chi connectivity index (χ1) is 11.1. The Bertz CT molecular complexity index is 633. The van der Waals surface area contributed by atoms with E-state index in [1.807, 2.05) is 38.1 Å². The Morgan fingerprint density at radius 1 is 1.17 bits per heavy atom. The van der Waals surface area contributed by atoms with Crippen molar-refractivity contribution < 1.29 is 9.63 Å². The quantitative estimate of drug-likeness (QED) is 0.903. The van der Waals surface area contributed by atoms with E-state index in [0.29, 0.717) is 18.3 Å². The summed E-state index contributed by atoms with van der Waals surface area (Å²) in [5.74, 6) is 1.32. The fraction of sp³-hybridized carbons (Fsp3) is 0.529. The molecule has 0 saturated carbocycles. The maximum atomic E-state index is 9.45. The molecule has 1 fully saturated rings. The number of β-amino-alcohol motifs (C(OH)–C–C–N with tert-alkyl or cyclic N) is 1. The molecular weight excluding hydrogens is 292 g/mol. The second kappa shape index (κ2) is 7.21. The van der Waals surface area contributed by atoms with Crippen molar-refractivity contribution in [3.63, 3.8) is 0 Å². The lowest BCUT2D eigenvalue weighted by molar-refractivity contribution is 0.0737. The molecule has 0 spiro atoms. The molecule has 1 atom stereocenters. The van der Waals surface area contributed by atoms with Gasteiger partial charge in [0.1, 0.15) is 0 Å². The Hall–Kier alpha value is -1.76. The number of aliphatic hydroxyl groups is 1. The first-order valence-electron chi connectivity index (χ1n) is 8.13. The lowest BCUT2D eigenvalue weighted by atomic mass is 10.1. The molecule has 1 N–H and O–H groups in total.